The third-order valence-corrected chi connectivity index (χ3v) is 7.67. The highest BCUT2D eigenvalue weighted by molar-refractivity contribution is 8.00. The SMILES string of the molecule is COc1ccc(COC(=O)C2=C(COC(C)=O)CS[C@@H]3[C@H](NC(=O)Cc4cccs4)C(=O)N23)cc1. The number of methoxy groups -OCH3 is 1. The van der Waals surface area contributed by atoms with Crippen LogP contribution in [0.3, 0.4) is 0 Å². The van der Waals surface area contributed by atoms with Crippen molar-refractivity contribution in [2.24, 2.45) is 0 Å². The minimum Gasteiger partial charge on any atom is -0.497 e. The lowest BCUT2D eigenvalue weighted by atomic mass is 10.0. The van der Waals surface area contributed by atoms with Gasteiger partial charge in [-0.05, 0) is 29.1 Å². The first-order valence-corrected chi connectivity index (χ1v) is 12.7. The number of benzene rings is 1. The van der Waals surface area contributed by atoms with Crippen molar-refractivity contribution in [2.75, 3.05) is 19.5 Å². The van der Waals surface area contributed by atoms with E-state index in [1.807, 2.05) is 17.5 Å². The highest BCUT2D eigenvalue weighted by Gasteiger charge is 2.54. The van der Waals surface area contributed by atoms with Crippen molar-refractivity contribution >= 4 is 46.9 Å². The van der Waals surface area contributed by atoms with Gasteiger partial charge in [0.25, 0.3) is 5.91 Å². The van der Waals surface area contributed by atoms with Gasteiger partial charge in [0.2, 0.25) is 5.91 Å². The molecule has 0 saturated carbocycles. The summed E-state index contributed by atoms with van der Waals surface area (Å²) in [6, 6.07) is 10.0. The average molecular weight is 517 g/mol. The van der Waals surface area contributed by atoms with Gasteiger partial charge in [0, 0.05) is 23.1 Å². The second-order valence-corrected chi connectivity index (χ2v) is 10.0. The zero-order valence-electron chi connectivity index (χ0n) is 19.1. The van der Waals surface area contributed by atoms with Crippen LogP contribution < -0.4 is 10.1 Å². The molecule has 1 saturated heterocycles. The molecule has 0 aliphatic carbocycles. The summed E-state index contributed by atoms with van der Waals surface area (Å²) in [4.78, 5) is 52.1. The second-order valence-electron chi connectivity index (χ2n) is 7.87. The number of thioether (sulfide) groups is 1. The van der Waals surface area contributed by atoms with E-state index in [9.17, 15) is 19.2 Å². The van der Waals surface area contributed by atoms with Gasteiger partial charge in [0.05, 0.1) is 13.5 Å². The standard InChI is InChI=1S/C24H24N2O7S2/c1-14(27)32-12-16-13-35-23-20(25-19(28)10-18-4-3-9-34-18)22(29)26(23)21(16)24(30)33-11-15-5-7-17(31-2)8-6-15/h3-9,20,23H,10-13H2,1-2H3,(H,25,28)/t20-,23-/m1/s1. The zero-order valence-corrected chi connectivity index (χ0v) is 20.8. The van der Waals surface area contributed by atoms with Gasteiger partial charge in [-0.3, -0.25) is 19.3 Å². The van der Waals surface area contributed by atoms with Crippen LogP contribution in [0.2, 0.25) is 0 Å². The van der Waals surface area contributed by atoms with Gasteiger partial charge in [0.15, 0.2) is 0 Å². The largest absolute Gasteiger partial charge is 0.497 e. The van der Waals surface area contributed by atoms with Crippen LogP contribution in [0, 0.1) is 0 Å². The van der Waals surface area contributed by atoms with Gasteiger partial charge in [-0.1, -0.05) is 18.2 Å². The Kier molecular flexibility index (Phi) is 7.76. The number of carbonyl (C=O) groups is 4. The van der Waals surface area contributed by atoms with Crippen molar-refractivity contribution in [1.82, 2.24) is 10.2 Å². The lowest BCUT2D eigenvalue weighted by Gasteiger charge is -2.49. The predicted molar refractivity (Wildman–Crippen MR) is 129 cm³/mol. The van der Waals surface area contributed by atoms with Crippen molar-refractivity contribution in [3.05, 3.63) is 63.5 Å². The van der Waals surface area contributed by atoms with E-state index in [0.29, 0.717) is 17.1 Å². The fraction of sp³-hybridized carbons (Fsp3) is 0.333. The van der Waals surface area contributed by atoms with Crippen LogP contribution >= 0.6 is 23.1 Å². The maximum atomic E-state index is 13.1. The number of fused-ring (bicyclic) bond motifs is 1. The average Bonchev–Trinajstić information content (AvgIpc) is 3.37. The Balaban J connectivity index is 1.46. The van der Waals surface area contributed by atoms with Gasteiger partial charge in [-0.2, -0.15) is 0 Å². The molecule has 0 spiro atoms. The van der Waals surface area contributed by atoms with Gasteiger partial charge in [0.1, 0.15) is 36.1 Å². The molecule has 2 aromatic rings. The van der Waals surface area contributed by atoms with Gasteiger partial charge in [-0.15, -0.1) is 23.1 Å². The highest BCUT2D eigenvalue weighted by atomic mass is 32.2. The number of carbonyl (C=O) groups excluding carboxylic acids is 4. The Bertz CT molecular complexity index is 1150. The smallest absolute Gasteiger partial charge is 0.355 e. The van der Waals surface area contributed by atoms with E-state index in [2.05, 4.69) is 5.32 Å². The Morgan fingerprint density at radius 3 is 2.54 bits per heavy atom. The molecule has 0 radical (unpaired) electrons. The molecule has 2 aliphatic rings. The van der Waals surface area contributed by atoms with Crippen LogP contribution in [0.25, 0.3) is 0 Å². The Labute approximate surface area is 210 Å². The summed E-state index contributed by atoms with van der Waals surface area (Å²) in [6.45, 7) is 1.14. The third kappa shape index (κ3) is 5.68. The first-order chi connectivity index (χ1) is 16.9. The highest BCUT2D eigenvalue weighted by Crippen LogP contribution is 2.41. The first kappa shape index (κ1) is 24.8. The number of hydrogen-bond acceptors (Lipinski definition) is 9. The van der Waals surface area contributed by atoms with Crippen LogP contribution in [0.1, 0.15) is 17.4 Å². The minimum atomic E-state index is -0.743. The summed E-state index contributed by atoms with van der Waals surface area (Å²) >= 11 is 2.86. The molecular formula is C24H24N2O7S2. The fourth-order valence-electron chi connectivity index (χ4n) is 3.71. The molecule has 2 atom stereocenters. The number of hydrogen-bond donors (Lipinski definition) is 1. The van der Waals surface area contributed by atoms with Crippen LogP contribution in [0.5, 0.6) is 5.75 Å². The van der Waals surface area contributed by atoms with Gasteiger partial charge in [-0.25, -0.2) is 4.79 Å². The van der Waals surface area contributed by atoms with E-state index >= 15 is 0 Å². The van der Waals surface area contributed by atoms with Crippen molar-refractivity contribution in [2.45, 2.75) is 31.4 Å². The molecule has 1 aromatic carbocycles. The third-order valence-electron chi connectivity index (χ3n) is 5.45. The summed E-state index contributed by atoms with van der Waals surface area (Å²) in [5.74, 6) is -0.819. The van der Waals surface area contributed by atoms with E-state index < -0.39 is 29.3 Å². The Morgan fingerprint density at radius 1 is 1.11 bits per heavy atom. The fourth-order valence-corrected chi connectivity index (χ4v) is 5.74. The predicted octanol–water partition coefficient (Wildman–Crippen LogP) is 2.26. The van der Waals surface area contributed by atoms with Crippen molar-refractivity contribution in [3.8, 4) is 5.75 Å². The maximum Gasteiger partial charge on any atom is 0.355 e. The van der Waals surface area contributed by atoms with Crippen LogP contribution in [0.4, 0.5) is 0 Å². The number of nitrogens with one attached hydrogen (secondary N) is 1. The van der Waals surface area contributed by atoms with Crippen molar-refractivity contribution in [3.63, 3.8) is 0 Å². The molecule has 0 bridgehead atoms. The van der Waals surface area contributed by atoms with Gasteiger partial charge >= 0.3 is 11.9 Å². The number of esters is 2. The number of rotatable bonds is 9. The molecule has 9 nitrogen and oxygen atoms in total. The molecule has 3 heterocycles. The quantitative estimate of drug-likeness (QED) is 0.399. The first-order valence-electron chi connectivity index (χ1n) is 10.8. The number of amides is 2. The minimum absolute atomic E-state index is 0.00596. The Morgan fingerprint density at radius 2 is 1.89 bits per heavy atom. The van der Waals surface area contributed by atoms with Crippen LogP contribution in [-0.2, 0) is 41.7 Å². The number of β-lactam (4-membered cyclic amide) rings is 1. The summed E-state index contributed by atoms with van der Waals surface area (Å²) in [6.07, 6.45) is 0.184. The van der Waals surface area contributed by atoms with Gasteiger partial charge < -0.3 is 19.5 Å². The molecule has 0 unspecified atom stereocenters. The van der Waals surface area contributed by atoms with Crippen LogP contribution in [-0.4, -0.2) is 59.5 Å². The maximum absolute atomic E-state index is 13.1. The summed E-state index contributed by atoms with van der Waals surface area (Å²) in [5, 5.41) is 4.22. The molecule has 11 heteroatoms. The van der Waals surface area contributed by atoms with Crippen molar-refractivity contribution in [1.29, 1.82) is 0 Å². The normalized spacial score (nSPS) is 18.9. The molecule has 1 fully saturated rings. The van der Waals surface area contributed by atoms with E-state index in [4.69, 9.17) is 14.2 Å². The molecule has 1 aromatic heterocycles. The molecule has 35 heavy (non-hydrogen) atoms. The van der Waals surface area contributed by atoms with Crippen molar-refractivity contribution < 1.29 is 33.4 Å². The lowest BCUT2D eigenvalue weighted by molar-refractivity contribution is -0.153. The summed E-state index contributed by atoms with van der Waals surface area (Å²) in [5.41, 5.74) is 1.30. The van der Waals surface area contributed by atoms with Crippen LogP contribution in [0.15, 0.2) is 53.0 Å². The molecule has 1 N–H and O–H groups in total. The molecule has 4 rings (SSSR count). The molecule has 184 valence electrons. The topological polar surface area (TPSA) is 111 Å². The molecular weight excluding hydrogens is 492 g/mol. The number of nitrogens with zero attached hydrogens (tertiary/aromatic N) is 1. The zero-order chi connectivity index (χ0) is 24.9. The number of ether oxygens (including phenoxy) is 3. The van der Waals surface area contributed by atoms with E-state index in [1.54, 1.807) is 31.4 Å². The Hall–Kier alpha value is -3.31. The van der Waals surface area contributed by atoms with E-state index in [0.717, 1.165) is 10.4 Å². The lowest BCUT2D eigenvalue weighted by Crippen LogP contribution is -2.70. The molecule has 2 amide bonds. The van der Waals surface area contributed by atoms with E-state index in [-0.39, 0.29) is 31.2 Å². The summed E-state index contributed by atoms with van der Waals surface area (Å²) < 4.78 is 15.7. The monoisotopic (exact) mass is 516 g/mol. The van der Waals surface area contributed by atoms with E-state index in [1.165, 1.54) is 34.9 Å². The molecule has 2 aliphatic heterocycles. The second kappa shape index (κ2) is 11.0. The number of thiophene rings is 1. The summed E-state index contributed by atoms with van der Waals surface area (Å²) in [7, 11) is 1.56.